The quantitative estimate of drug-likeness (QED) is 0.821. The Morgan fingerprint density at radius 1 is 1.42 bits per heavy atom. The first-order valence-electron chi connectivity index (χ1n) is 8.19. The number of amides is 1. The minimum atomic E-state index is -1.04. The molecule has 0 saturated carbocycles. The summed E-state index contributed by atoms with van der Waals surface area (Å²) in [5.74, 6) is 1.49. The van der Waals surface area contributed by atoms with Gasteiger partial charge in [-0.05, 0) is 37.1 Å². The van der Waals surface area contributed by atoms with Crippen molar-refractivity contribution in [2.24, 2.45) is 5.73 Å². The Bertz CT molecular complexity index is 604. The molecule has 2 aliphatic heterocycles. The molecule has 0 bridgehead atoms. The van der Waals surface area contributed by atoms with E-state index in [2.05, 4.69) is 4.90 Å². The lowest BCUT2D eigenvalue weighted by Crippen LogP contribution is -2.49. The number of carbonyl (C=O) groups excluding carboxylic acids is 1. The third-order valence-electron chi connectivity index (χ3n) is 4.43. The van der Waals surface area contributed by atoms with Crippen molar-refractivity contribution in [3.63, 3.8) is 0 Å². The number of aliphatic hydroxyl groups is 1. The van der Waals surface area contributed by atoms with Crippen LogP contribution in [0.3, 0.4) is 0 Å². The van der Waals surface area contributed by atoms with E-state index in [9.17, 15) is 9.90 Å². The van der Waals surface area contributed by atoms with Gasteiger partial charge in [0.15, 0.2) is 11.5 Å². The maximum absolute atomic E-state index is 11.2. The van der Waals surface area contributed by atoms with Crippen LogP contribution < -0.4 is 19.9 Å². The molecule has 24 heavy (non-hydrogen) atoms. The van der Waals surface area contributed by atoms with Gasteiger partial charge in [0.1, 0.15) is 13.2 Å². The molecular weight excluding hydrogens is 312 g/mol. The van der Waals surface area contributed by atoms with E-state index in [4.69, 9.17) is 19.9 Å². The number of β-amino-alcohol motifs (C(OH)–C–C–N with tert-alkyl or cyclic N) is 1. The molecule has 0 aliphatic carbocycles. The third kappa shape index (κ3) is 3.73. The summed E-state index contributed by atoms with van der Waals surface area (Å²) in [5, 5.41) is 10.6. The molecule has 0 spiro atoms. The van der Waals surface area contributed by atoms with Crippen LogP contribution in [0.2, 0.25) is 0 Å². The topological polar surface area (TPSA) is 94.2 Å². The van der Waals surface area contributed by atoms with Gasteiger partial charge in [-0.25, -0.2) is 0 Å². The minimum Gasteiger partial charge on any atom is -0.493 e. The summed E-state index contributed by atoms with van der Waals surface area (Å²) < 4.78 is 16.7. The molecule has 1 fully saturated rings. The van der Waals surface area contributed by atoms with Gasteiger partial charge in [-0.2, -0.15) is 0 Å². The SMILES string of the molecule is COc1cc(CN2CCCC(O)(CC(N)=O)C2)cc2c1OCCO2. The Balaban J connectivity index is 1.74. The summed E-state index contributed by atoms with van der Waals surface area (Å²) in [4.78, 5) is 13.3. The molecule has 7 nitrogen and oxygen atoms in total. The van der Waals surface area contributed by atoms with Crippen LogP contribution in [-0.4, -0.2) is 54.9 Å². The summed E-state index contributed by atoms with van der Waals surface area (Å²) in [6.45, 7) is 2.94. The standard InChI is InChI=1S/C17H24N2O5/c1-22-13-7-12(8-14-16(13)24-6-5-23-14)10-19-4-2-3-17(21,11-19)9-15(18)20/h7-8,21H,2-6,9-11H2,1H3,(H2,18,20). The van der Waals surface area contributed by atoms with Crippen molar-refractivity contribution >= 4 is 5.91 Å². The Morgan fingerprint density at radius 2 is 2.21 bits per heavy atom. The van der Waals surface area contributed by atoms with E-state index < -0.39 is 11.5 Å². The molecule has 3 N–H and O–H groups in total. The number of hydrogen-bond donors (Lipinski definition) is 2. The Kier molecular flexibility index (Phi) is 4.82. The molecule has 1 amide bonds. The largest absolute Gasteiger partial charge is 0.493 e. The van der Waals surface area contributed by atoms with E-state index in [1.54, 1.807) is 7.11 Å². The van der Waals surface area contributed by atoms with E-state index in [1.165, 1.54) is 0 Å². The molecule has 1 saturated heterocycles. The zero-order valence-electron chi connectivity index (χ0n) is 13.9. The van der Waals surface area contributed by atoms with Crippen molar-refractivity contribution in [2.45, 2.75) is 31.4 Å². The summed E-state index contributed by atoms with van der Waals surface area (Å²) >= 11 is 0. The molecule has 1 atom stereocenters. The van der Waals surface area contributed by atoms with Crippen molar-refractivity contribution in [1.82, 2.24) is 4.90 Å². The molecule has 0 aromatic heterocycles. The Labute approximate surface area is 141 Å². The first-order chi connectivity index (χ1) is 11.5. The van der Waals surface area contributed by atoms with Crippen LogP contribution >= 0.6 is 0 Å². The first kappa shape index (κ1) is 16.9. The van der Waals surface area contributed by atoms with Gasteiger partial charge in [0.25, 0.3) is 0 Å². The summed E-state index contributed by atoms with van der Waals surface area (Å²) in [5.41, 5.74) is 5.23. The number of carbonyl (C=O) groups is 1. The zero-order chi connectivity index (χ0) is 17.2. The molecule has 7 heteroatoms. The molecule has 132 valence electrons. The fourth-order valence-electron chi connectivity index (χ4n) is 3.49. The predicted octanol–water partition coefficient (Wildman–Crippen LogP) is 0.669. The van der Waals surface area contributed by atoms with Gasteiger partial charge in [0, 0.05) is 13.1 Å². The number of primary amides is 1. The highest BCUT2D eigenvalue weighted by molar-refractivity contribution is 5.75. The van der Waals surface area contributed by atoms with Crippen LogP contribution in [0.25, 0.3) is 0 Å². The summed E-state index contributed by atoms with van der Waals surface area (Å²) in [6, 6.07) is 3.87. The first-order valence-corrected chi connectivity index (χ1v) is 8.19. The van der Waals surface area contributed by atoms with Gasteiger partial charge in [-0.1, -0.05) is 0 Å². The number of hydrogen-bond acceptors (Lipinski definition) is 6. The third-order valence-corrected chi connectivity index (χ3v) is 4.43. The second kappa shape index (κ2) is 6.86. The second-order valence-corrected chi connectivity index (χ2v) is 6.50. The highest BCUT2D eigenvalue weighted by Crippen LogP contribution is 2.40. The van der Waals surface area contributed by atoms with E-state index in [-0.39, 0.29) is 6.42 Å². The molecule has 2 aliphatic rings. The fraction of sp³-hybridized carbons (Fsp3) is 0.588. The second-order valence-electron chi connectivity index (χ2n) is 6.50. The Morgan fingerprint density at radius 3 is 2.96 bits per heavy atom. The lowest BCUT2D eigenvalue weighted by molar-refractivity contribution is -0.125. The monoisotopic (exact) mass is 336 g/mol. The maximum atomic E-state index is 11.2. The number of benzene rings is 1. The van der Waals surface area contributed by atoms with Crippen LogP contribution in [0.1, 0.15) is 24.8 Å². The van der Waals surface area contributed by atoms with Crippen LogP contribution in [0, 0.1) is 0 Å². The molecular formula is C17H24N2O5. The predicted molar refractivity (Wildman–Crippen MR) is 87.3 cm³/mol. The van der Waals surface area contributed by atoms with Crippen molar-refractivity contribution in [3.05, 3.63) is 17.7 Å². The molecule has 1 aromatic rings. The van der Waals surface area contributed by atoms with E-state index in [0.29, 0.717) is 50.0 Å². The molecule has 1 unspecified atom stereocenters. The van der Waals surface area contributed by atoms with E-state index in [1.807, 2.05) is 12.1 Å². The van der Waals surface area contributed by atoms with Gasteiger partial charge in [0.2, 0.25) is 11.7 Å². The summed E-state index contributed by atoms with van der Waals surface area (Å²) in [6.07, 6.45) is 1.41. The average molecular weight is 336 g/mol. The molecule has 3 rings (SSSR count). The van der Waals surface area contributed by atoms with Gasteiger partial charge >= 0.3 is 0 Å². The number of methoxy groups -OCH3 is 1. The zero-order valence-corrected chi connectivity index (χ0v) is 13.9. The van der Waals surface area contributed by atoms with Gasteiger partial charge in [-0.15, -0.1) is 0 Å². The minimum absolute atomic E-state index is 0.00599. The van der Waals surface area contributed by atoms with Crippen molar-refractivity contribution in [1.29, 1.82) is 0 Å². The van der Waals surface area contributed by atoms with E-state index >= 15 is 0 Å². The average Bonchev–Trinajstić information content (AvgIpc) is 2.53. The molecule has 1 aromatic carbocycles. The van der Waals surface area contributed by atoms with E-state index in [0.717, 1.165) is 18.5 Å². The van der Waals surface area contributed by atoms with Gasteiger partial charge in [-0.3, -0.25) is 9.69 Å². The van der Waals surface area contributed by atoms with Gasteiger partial charge < -0.3 is 25.1 Å². The number of rotatable bonds is 5. The Hall–Kier alpha value is -1.99. The van der Waals surface area contributed by atoms with Crippen LogP contribution in [0.15, 0.2) is 12.1 Å². The summed E-state index contributed by atoms with van der Waals surface area (Å²) in [7, 11) is 1.60. The fourth-order valence-corrected chi connectivity index (χ4v) is 3.49. The number of piperidine rings is 1. The number of likely N-dealkylation sites (tertiary alicyclic amines) is 1. The number of nitrogens with zero attached hydrogens (tertiary/aromatic N) is 1. The smallest absolute Gasteiger partial charge is 0.220 e. The van der Waals surface area contributed by atoms with Crippen molar-refractivity contribution in [2.75, 3.05) is 33.4 Å². The number of nitrogens with two attached hydrogens (primary N) is 1. The lowest BCUT2D eigenvalue weighted by atomic mass is 9.89. The van der Waals surface area contributed by atoms with Crippen molar-refractivity contribution < 1.29 is 24.1 Å². The van der Waals surface area contributed by atoms with Gasteiger partial charge in [0.05, 0.1) is 19.1 Å². The highest BCUT2D eigenvalue weighted by atomic mass is 16.6. The highest BCUT2D eigenvalue weighted by Gasteiger charge is 2.34. The maximum Gasteiger partial charge on any atom is 0.220 e. The number of fused-ring (bicyclic) bond motifs is 1. The van der Waals surface area contributed by atoms with Crippen LogP contribution in [-0.2, 0) is 11.3 Å². The molecule has 2 heterocycles. The molecule has 0 radical (unpaired) electrons. The lowest BCUT2D eigenvalue weighted by Gasteiger charge is -2.38. The number of ether oxygens (including phenoxy) is 3. The normalized spacial score (nSPS) is 23.8. The van der Waals surface area contributed by atoms with Crippen molar-refractivity contribution in [3.8, 4) is 17.2 Å². The van der Waals surface area contributed by atoms with Crippen LogP contribution in [0.5, 0.6) is 17.2 Å². The van der Waals surface area contributed by atoms with Crippen LogP contribution in [0.4, 0.5) is 0 Å².